The number of amides is 1. The molecule has 0 bridgehead atoms. The lowest BCUT2D eigenvalue weighted by atomic mass is 10.0. The number of nitrogens with zero attached hydrogens (tertiary/aromatic N) is 1. The zero-order valence-corrected chi connectivity index (χ0v) is 11.0. The van der Waals surface area contributed by atoms with Crippen LogP contribution in [0.1, 0.15) is 58.3 Å². The van der Waals surface area contributed by atoms with E-state index in [1.54, 1.807) is 0 Å². The van der Waals surface area contributed by atoms with Gasteiger partial charge in [-0.1, -0.05) is 19.8 Å². The van der Waals surface area contributed by atoms with E-state index in [0.717, 1.165) is 32.2 Å². The number of likely N-dealkylation sites (tertiary alicyclic amines) is 1. The van der Waals surface area contributed by atoms with Gasteiger partial charge in [0.1, 0.15) is 0 Å². The second kappa shape index (κ2) is 5.85. The van der Waals surface area contributed by atoms with Gasteiger partial charge < -0.3 is 10.6 Å². The van der Waals surface area contributed by atoms with Crippen molar-refractivity contribution in [2.45, 2.75) is 70.4 Å². The van der Waals surface area contributed by atoms with Gasteiger partial charge in [0.2, 0.25) is 5.91 Å². The molecule has 2 rings (SSSR count). The molecule has 0 aromatic rings. The van der Waals surface area contributed by atoms with Crippen molar-refractivity contribution in [3.05, 3.63) is 0 Å². The average molecular weight is 238 g/mol. The minimum atomic E-state index is 0.220. The van der Waals surface area contributed by atoms with E-state index in [4.69, 9.17) is 5.73 Å². The summed E-state index contributed by atoms with van der Waals surface area (Å²) in [4.78, 5) is 14.7. The van der Waals surface area contributed by atoms with Gasteiger partial charge in [0.05, 0.1) is 0 Å². The maximum Gasteiger partial charge on any atom is 0.225 e. The Morgan fingerprint density at radius 3 is 2.71 bits per heavy atom. The molecule has 0 aromatic carbocycles. The Bertz CT molecular complexity index is 267. The molecule has 0 aromatic heterocycles. The molecular weight excluding hydrogens is 212 g/mol. The van der Waals surface area contributed by atoms with Crippen molar-refractivity contribution in [2.24, 2.45) is 11.7 Å². The summed E-state index contributed by atoms with van der Waals surface area (Å²) in [5.74, 6) is 0.615. The number of nitrogens with two attached hydrogens (primary N) is 1. The molecule has 3 nitrogen and oxygen atoms in total. The largest absolute Gasteiger partial charge is 0.339 e. The van der Waals surface area contributed by atoms with Crippen molar-refractivity contribution in [3.8, 4) is 0 Å². The van der Waals surface area contributed by atoms with Crippen molar-refractivity contribution in [1.29, 1.82) is 0 Å². The summed E-state index contributed by atoms with van der Waals surface area (Å²) in [5.41, 5.74) is 5.92. The van der Waals surface area contributed by atoms with Crippen molar-refractivity contribution in [1.82, 2.24) is 4.90 Å². The zero-order chi connectivity index (χ0) is 12.3. The first-order valence-corrected chi connectivity index (χ1v) is 7.28. The van der Waals surface area contributed by atoms with E-state index in [2.05, 4.69) is 11.8 Å². The van der Waals surface area contributed by atoms with E-state index >= 15 is 0 Å². The standard InChI is InChI=1S/C14H26N2O/c1-2-13-6-4-3-5-9-16(13)14(17)11-7-8-12(15)10-11/h11-13H,2-10,15H2,1H3. The van der Waals surface area contributed by atoms with Crippen LogP contribution in [-0.4, -0.2) is 29.4 Å². The Hall–Kier alpha value is -0.570. The second-order valence-electron chi connectivity index (χ2n) is 5.71. The molecule has 2 fully saturated rings. The van der Waals surface area contributed by atoms with E-state index in [0.29, 0.717) is 11.9 Å². The van der Waals surface area contributed by atoms with Crippen LogP contribution in [0.15, 0.2) is 0 Å². The highest BCUT2D eigenvalue weighted by atomic mass is 16.2. The molecule has 0 spiro atoms. The lowest BCUT2D eigenvalue weighted by Gasteiger charge is -2.31. The van der Waals surface area contributed by atoms with Crippen LogP contribution in [-0.2, 0) is 4.79 Å². The molecule has 2 N–H and O–H groups in total. The van der Waals surface area contributed by atoms with Crippen LogP contribution in [0.5, 0.6) is 0 Å². The van der Waals surface area contributed by atoms with Crippen molar-refractivity contribution in [3.63, 3.8) is 0 Å². The smallest absolute Gasteiger partial charge is 0.225 e. The van der Waals surface area contributed by atoms with Gasteiger partial charge in [0.25, 0.3) is 0 Å². The number of carbonyl (C=O) groups excluding carboxylic acids is 1. The minimum Gasteiger partial charge on any atom is -0.339 e. The van der Waals surface area contributed by atoms with Crippen LogP contribution in [0, 0.1) is 5.92 Å². The SMILES string of the molecule is CCC1CCCCCN1C(=O)C1CCC(N)C1. The molecule has 1 heterocycles. The molecule has 1 saturated carbocycles. The van der Waals surface area contributed by atoms with E-state index in [9.17, 15) is 4.79 Å². The maximum absolute atomic E-state index is 12.5. The molecule has 98 valence electrons. The number of carbonyl (C=O) groups is 1. The van der Waals surface area contributed by atoms with Crippen molar-refractivity contribution in [2.75, 3.05) is 6.54 Å². The van der Waals surface area contributed by atoms with Gasteiger partial charge in [0.15, 0.2) is 0 Å². The highest BCUT2D eigenvalue weighted by molar-refractivity contribution is 5.79. The second-order valence-corrected chi connectivity index (χ2v) is 5.71. The topological polar surface area (TPSA) is 46.3 Å². The highest BCUT2D eigenvalue weighted by Crippen LogP contribution is 2.29. The summed E-state index contributed by atoms with van der Waals surface area (Å²) in [6.45, 7) is 3.18. The van der Waals surface area contributed by atoms with Crippen molar-refractivity contribution >= 4 is 5.91 Å². The van der Waals surface area contributed by atoms with Crippen LogP contribution in [0.4, 0.5) is 0 Å². The van der Waals surface area contributed by atoms with Crippen LogP contribution in [0.2, 0.25) is 0 Å². The molecule has 2 aliphatic rings. The fourth-order valence-corrected chi connectivity index (χ4v) is 3.37. The number of hydrogen-bond acceptors (Lipinski definition) is 2. The van der Waals surface area contributed by atoms with E-state index in [-0.39, 0.29) is 12.0 Å². The number of rotatable bonds is 2. The van der Waals surface area contributed by atoms with E-state index < -0.39 is 0 Å². The Labute approximate surface area is 105 Å². The summed E-state index contributed by atoms with van der Waals surface area (Å²) in [7, 11) is 0. The van der Waals surface area contributed by atoms with Crippen LogP contribution < -0.4 is 5.73 Å². The monoisotopic (exact) mass is 238 g/mol. The summed E-state index contributed by atoms with van der Waals surface area (Å²) >= 11 is 0. The van der Waals surface area contributed by atoms with Gasteiger partial charge in [-0.15, -0.1) is 0 Å². The average Bonchev–Trinajstić information content (AvgIpc) is 2.64. The van der Waals surface area contributed by atoms with Crippen LogP contribution in [0.3, 0.4) is 0 Å². The molecule has 0 radical (unpaired) electrons. The minimum absolute atomic E-state index is 0.220. The molecule has 1 aliphatic carbocycles. The normalized spacial score (nSPS) is 34.7. The van der Waals surface area contributed by atoms with Gasteiger partial charge in [-0.2, -0.15) is 0 Å². The molecule has 1 aliphatic heterocycles. The fourth-order valence-electron chi connectivity index (χ4n) is 3.37. The predicted octanol–water partition coefficient (Wildman–Crippen LogP) is 2.29. The third-order valence-electron chi connectivity index (χ3n) is 4.45. The van der Waals surface area contributed by atoms with Gasteiger partial charge in [-0.05, 0) is 38.5 Å². The molecule has 17 heavy (non-hydrogen) atoms. The maximum atomic E-state index is 12.5. The first kappa shape index (κ1) is 12.9. The summed E-state index contributed by atoms with van der Waals surface area (Å²) in [6.07, 6.45) is 8.99. The third-order valence-corrected chi connectivity index (χ3v) is 4.45. The molecule has 3 unspecified atom stereocenters. The Balaban J connectivity index is 2.00. The van der Waals surface area contributed by atoms with Crippen LogP contribution >= 0.6 is 0 Å². The Kier molecular flexibility index (Phi) is 4.43. The first-order valence-electron chi connectivity index (χ1n) is 7.28. The third kappa shape index (κ3) is 3.01. The zero-order valence-electron chi connectivity index (χ0n) is 11.0. The van der Waals surface area contributed by atoms with E-state index in [1.807, 2.05) is 0 Å². The molecule has 1 amide bonds. The number of hydrogen-bond donors (Lipinski definition) is 1. The first-order chi connectivity index (χ1) is 8.22. The van der Waals surface area contributed by atoms with Gasteiger partial charge in [0, 0.05) is 24.5 Å². The highest BCUT2D eigenvalue weighted by Gasteiger charge is 2.33. The molecular formula is C14H26N2O. The predicted molar refractivity (Wildman–Crippen MR) is 69.6 cm³/mol. The summed E-state index contributed by atoms with van der Waals surface area (Å²) in [6, 6.07) is 0.748. The molecule has 3 heteroatoms. The summed E-state index contributed by atoms with van der Waals surface area (Å²) < 4.78 is 0. The Morgan fingerprint density at radius 1 is 1.24 bits per heavy atom. The van der Waals surface area contributed by atoms with Gasteiger partial charge in [-0.3, -0.25) is 4.79 Å². The quantitative estimate of drug-likeness (QED) is 0.802. The van der Waals surface area contributed by atoms with E-state index in [1.165, 1.54) is 25.7 Å². The molecule has 3 atom stereocenters. The lowest BCUT2D eigenvalue weighted by Crippen LogP contribution is -2.42. The lowest BCUT2D eigenvalue weighted by molar-refractivity contribution is -0.137. The van der Waals surface area contributed by atoms with Gasteiger partial charge >= 0.3 is 0 Å². The Morgan fingerprint density at radius 2 is 2.06 bits per heavy atom. The van der Waals surface area contributed by atoms with Crippen LogP contribution in [0.25, 0.3) is 0 Å². The fraction of sp³-hybridized carbons (Fsp3) is 0.929. The molecule has 1 saturated heterocycles. The van der Waals surface area contributed by atoms with Crippen molar-refractivity contribution < 1.29 is 4.79 Å². The summed E-state index contributed by atoms with van der Waals surface area (Å²) in [5, 5.41) is 0. The van der Waals surface area contributed by atoms with Gasteiger partial charge in [-0.25, -0.2) is 0 Å².